The van der Waals surface area contributed by atoms with E-state index in [0.29, 0.717) is 5.56 Å². The Balaban J connectivity index is 1.85. The highest BCUT2D eigenvalue weighted by Crippen LogP contribution is 2.35. The minimum Gasteiger partial charge on any atom is -0.438 e. The summed E-state index contributed by atoms with van der Waals surface area (Å²) >= 11 is 0. The molecule has 0 unspecified atom stereocenters. The Labute approximate surface area is 186 Å². The van der Waals surface area contributed by atoms with Gasteiger partial charge in [-0.05, 0) is 44.0 Å². The second-order valence-electron chi connectivity index (χ2n) is 8.16. The molecule has 32 heavy (non-hydrogen) atoms. The summed E-state index contributed by atoms with van der Waals surface area (Å²) < 4.78 is 5.64. The van der Waals surface area contributed by atoms with Crippen LogP contribution in [0.1, 0.15) is 51.0 Å². The number of amides is 2. The number of carbonyl (C=O) groups is 2. The van der Waals surface area contributed by atoms with Crippen molar-refractivity contribution in [3.8, 4) is 0 Å². The maximum absolute atomic E-state index is 13.3. The molecule has 9 nitrogen and oxygen atoms in total. The van der Waals surface area contributed by atoms with Crippen LogP contribution in [0.15, 0.2) is 54.6 Å². The number of benzene rings is 2. The number of rotatable bonds is 6. The first kappa shape index (κ1) is 23.4. The highest BCUT2D eigenvalue weighted by atomic mass is 16.6. The number of imide groups is 1. The van der Waals surface area contributed by atoms with Crippen LogP contribution in [-0.4, -0.2) is 44.1 Å². The van der Waals surface area contributed by atoms with Gasteiger partial charge in [-0.3, -0.25) is 14.9 Å². The van der Waals surface area contributed by atoms with Crippen LogP contribution >= 0.6 is 0 Å². The van der Waals surface area contributed by atoms with Crippen LogP contribution in [0, 0.1) is 16.0 Å². The summed E-state index contributed by atoms with van der Waals surface area (Å²) in [5, 5.41) is 24.2. The van der Waals surface area contributed by atoms with E-state index in [4.69, 9.17) is 4.74 Å². The van der Waals surface area contributed by atoms with Crippen molar-refractivity contribution in [3.05, 3.63) is 75.8 Å². The van der Waals surface area contributed by atoms with Crippen molar-refractivity contribution in [1.82, 2.24) is 10.0 Å². The van der Waals surface area contributed by atoms with Crippen LogP contribution in [0.3, 0.4) is 0 Å². The molecule has 1 N–H and O–H groups in total. The molecule has 0 aromatic heterocycles. The van der Waals surface area contributed by atoms with Crippen molar-refractivity contribution in [3.63, 3.8) is 0 Å². The number of cyclic esters (lactones) is 1. The summed E-state index contributed by atoms with van der Waals surface area (Å²) in [6, 6.07) is 14.1. The summed E-state index contributed by atoms with van der Waals surface area (Å²) in [5.41, 5.74) is 1.05. The zero-order chi connectivity index (χ0) is 23.6. The number of aliphatic hydroxyl groups is 1. The molecule has 1 saturated heterocycles. The summed E-state index contributed by atoms with van der Waals surface area (Å²) in [6.07, 6.45) is -2.62. The molecule has 2 aromatic rings. The van der Waals surface area contributed by atoms with Gasteiger partial charge in [0.25, 0.3) is 11.6 Å². The predicted octanol–water partition coefficient (Wildman–Crippen LogP) is 4.00. The number of carbonyl (C=O) groups excluding carboxylic acids is 2. The van der Waals surface area contributed by atoms with Crippen molar-refractivity contribution in [2.24, 2.45) is 5.92 Å². The van der Waals surface area contributed by atoms with Crippen molar-refractivity contribution in [1.29, 1.82) is 0 Å². The van der Waals surface area contributed by atoms with Gasteiger partial charge < -0.3 is 9.84 Å². The largest absolute Gasteiger partial charge is 0.438 e. The Morgan fingerprint density at radius 2 is 1.69 bits per heavy atom. The smallest absolute Gasteiger partial charge is 0.432 e. The molecule has 1 aliphatic rings. The number of nitro groups is 1. The van der Waals surface area contributed by atoms with Gasteiger partial charge in [-0.15, -0.1) is 0 Å². The van der Waals surface area contributed by atoms with Crippen LogP contribution in [0.25, 0.3) is 0 Å². The van der Waals surface area contributed by atoms with Crippen molar-refractivity contribution >= 4 is 17.7 Å². The summed E-state index contributed by atoms with van der Waals surface area (Å²) in [7, 11) is 0. The van der Waals surface area contributed by atoms with Gasteiger partial charge in [0.2, 0.25) is 0 Å². The fourth-order valence-electron chi connectivity index (χ4n) is 3.98. The number of ether oxygens (including phenoxy) is 1. The standard InChI is InChI=1S/C23H27N3O6/c1-14(2)24-16(4)21(18-8-6-5-7-9-18)32-23(29)25(24)22(28)15(3)20(27)17-10-12-19(13-11-17)26(30)31/h5-16,20-21,27H,1-4H3/t15-,16-,20-,21-/m0/s1. The highest BCUT2D eigenvalue weighted by molar-refractivity contribution is 5.93. The van der Waals surface area contributed by atoms with E-state index in [0.717, 1.165) is 10.6 Å². The molecule has 0 radical (unpaired) electrons. The minimum absolute atomic E-state index is 0.119. The van der Waals surface area contributed by atoms with Crippen LogP contribution in [-0.2, 0) is 9.53 Å². The Bertz CT molecular complexity index is 979. The number of hydrazine groups is 1. The van der Waals surface area contributed by atoms with E-state index in [2.05, 4.69) is 0 Å². The summed E-state index contributed by atoms with van der Waals surface area (Å²) in [6.45, 7) is 7.12. The van der Waals surface area contributed by atoms with Gasteiger partial charge in [0.1, 0.15) is 6.10 Å². The monoisotopic (exact) mass is 441 g/mol. The van der Waals surface area contributed by atoms with Gasteiger partial charge in [-0.25, -0.2) is 4.79 Å². The third-order valence-corrected chi connectivity index (χ3v) is 5.66. The maximum atomic E-state index is 13.3. The van der Waals surface area contributed by atoms with Crippen molar-refractivity contribution < 1.29 is 24.4 Å². The molecule has 0 bridgehead atoms. The number of aliphatic hydroxyl groups excluding tert-OH is 1. The molecule has 4 atom stereocenters. The van der Waals surface area contributed by atoms with E-state index in [-0.39, 0.29) is 17.8 Å². The molecule has 9 heteroatoms. The van der Waals surface area contributed by atoms with Gasteiger partial charge in [0.15, 0.2) is 0 Å². The van der Waals surface area contributed by atoms with Crippen molar-refractivity contribution in [2.75, 3.05) is 0 Å². The summed E-state index contributed by atoms with van der Waals surface area (Å²) in [5.74, 6) is -1.61. The number of hydrogen-bond acceptors (Lipinski definition) is 7. The minimum atomic E-state index is -1.26. The zero-order valence-electron chi connectivity index (χ0n) is 18.4. The molecule has 170 valence electrons. The molecule has 3 rings (SSSR count). The zero-order valence-corrected chi connectivity index (χ0v) is 18.4. The van der Waals surface area contributed by atoms with E-state index in [9.17, 15) is 24.8 Å². The second kappa shape index (κ2) is 9.46. The highest BCUT2D eigenvalue weighted by Gasteiger charge is 2.46. The number of nitrogens with zero attached hydrogens (tertiary/aromatic N) is 3. The van der Waals surface area contributed by atoms with Gasteiger partial charge in [-0.1, -0.05) is 37.3 Å². The fourth-order valence-corrected chi connectivity index (χ4v) is 3.98. The lowest BCUT2D eigenvalue weighted by Gasteiger charge is -2.47. The van der Waals surface area contributed by atoms with Gasteiger partial charge >= 0.3 is 6.09 Å². The van der Waals surface area contributed by atoms with E-state index in [1.807, 2.05) is 51.1 Å². The number of non-ortho nitro benzene ring substituents is 1. The molecule has 1 aliphatic heterocycles. The van der Waals surface area contributed by atoms with E-state index in [1.54, 1.807) is 5.01 Å². The van der Waals surface area contributed by atoms with Crippen molar-refractivity contribution in [2.45, 2.75) is 52.0 Å². The molecule has 1 heterocycles. The topological polar surface area (TPSA) is 113 Å². The molecule has 0 saturated carbocycles. The van der Waals surface area contributed by atoms with E-state index < -0.39 is 35.0 Å². The summed E-state index contributed by atoms with van der Waals surface area (Å²) in [4.78, 5) is 36.6. The molecule has 0 spiro atoms. The number of hydrogen-bond donors (Lipinski definition) is 1. The molecule has 0 aliphatic carbocycles. The lowest BCUT2D eigenvalue weighted by atomic mass is 9.95. The molecule has 2 amide bonds. The normalized spacial score (nSPS) is 21.2. The first-order valence-corrected chi connectivity index (χ1v) is 10.4. The SMILES string of the molecule is CC(C)N1[C@@H](C)[C@@H](c2ccccc2)OC(=O)N1C(=O)[C@@H](C)[C@H](O)c1ccc([N+](=O)[O-])cc1. The van der Waals surface area contributed by atoms with Crippen LogP contribution < -0.4 is 0 Å². The van der Waals surface area contributed by atoms with Crippen LogP contribution in [0.5, 0.6) is 0 Å². The molecule has 2 aromatic carbocycles. The third-order valence-electron chi connectivity index (χ3n) is 5.66. The maximum Gasteiger partial charge on any atom is 0.432 e. The lowest BCUT2D eigenvalue weighted by molar-refractivity contribution is -0.384. The van der Waals surface area contributed by atoms with E-state index >= 15 is 0 Å². The van der Waals surface area contributed by atoms with Gasteiger partial charge in [-0.2, -0.15) is 10.0 Å². The Kier molecular flexibility index (Phi) is 6.90. The van der Waals surface area contributed by atoms with Crippen LogP contribution in [0.4, 0.5) is 10.5 Å². The fraction of sp³-hybridized carbons (Fsp3) is 0.391. The van der Waals surface area contributed by atoms with Gasteiger partial charge in [0, 0.05) is 18.2 Å². The molecular weight excluding hydrogens is 414 g/mol. The first-order valence-electron chi connectivity index (χ1n) is 10.4. The van der Waals surface area contributed by atoms with E-state index in [1.165, 1.54) is 31.2 Å². The quantitative estimate of drug-likeness (QED) is 0.532. The van der Waals surface area contributed by atoms with Crippen LogP contribution in [0.2, 0.25) is 0 Å². The Morgan fingerprint density at radius 3 is 2.22 bits per heavy atom. The average molecular weight is 441 g/mol. The first-order chi connectivity index (χ1) is 15.1. The Hall–Kier alpha value is -3.30. The van der Waals surface area contributed by atoms with Gasteiger partial charge in [0.05, 0.1) is 23.0 Å². The molecular formula is C23H27N3O6. The predicted molar refractivity (Wildman–Crippen MR) is 116 cm³/mol. The average Bonchev–Trinajstić information content (AvgIpc) is 2.79. The molecule has 1 fully saturated rings. The second-order valence-corrected chi connectivity index (χ2v) is 8.16. The lowest BCUT2D eigenvalue weighted by Crippen LogP contribution is -2.63. The Morgan fingerprint density at radius 1 is 1.09 bits per heavy atom. The number of nitro benzene ring substituents is 1. The third kappa shape index (κ3) is 4.49.